The van der Waals surface area contributed by atoms with Gasteiger partial charge in [-0.1, -0.05) is 78.9 Å². The molecule has 9 rings (SSSR count). The van der Waals surface area contributed by atoms with Gasteiger partial charge in [0.05, 0.1) is 27.8 Å². The van der Waals surface area contributed by atoms with Gasteiger partial charge in [0.15, 0.2) is 0 Å². The van der Waals surface area contributed by atoms with E-state index in [1.165, 1.54) is 28.0 Å². The molecule has 3 unspecified atom stereocenters. The van der Waals surface area contributed by atoms with Gasteiger partial charge in [-0.05, 0) is 92.4 Å². The van der Waals surface area contributed by atoms with Gasteiger partial charge in [-0.25, -0.2) is 24.0 Å². The predicted molar refractivity (Wildman–Crippen MR) is 221 cm³/mol. The fourth-order valence-corrected chi connectivity index (χ4v) is 9.11. The third-order valence-electron chi connectivity index (χ3n) is 11.8. The summed E-state index contributed by atoms with van der Waals surface area (Å²) in [5.74, 6) is 0.114. The van der Waals surface area contributed by atoms with Crippen LogP contribution >= 0.6 is 0 Å². The number of nitrogens with zero attached hydrogens (tertiary/aromatic N) is 6. The molecule has 0 spiro atoms. The van der Waals surface area contributed by atoms with E-state index >= 15 is 0 Å². The highest BCUT2D eigenvalue weighted by Crippen LogP contribution is 2.43. The Morgan fingerprint density at radius 2 is 1.47 bits per heavy atom. The number of imidazole rings is 2. The van der Waals surface area contributed by atoms with Crippen LogP contribution in [0.5, 0.6) is 0 Å². The van der Waals surface area contributed by atoms with E-state index in [0.717, 1.165) is 73.1 Å². The summed E-state index contributed by atoms with van der Waals surface area (Å²) < 4.78 is 6.33. The van der Waals surface area contributed by atoms with Gasteiger partial charge in [0, 0.05) is 49.8 Å². The molecule has 0 saturated carbocycles. The van der Waals surface area contributed by atoms with Gasteiger partial charge in [0.25, 0.3) is 5.56 Å². The summed E-state index contributed by atoms with van der Waals surface area (Å²) in [7, 11) is 1.99. The first kappa shape index (κ1) is 37.6. The minimum atomic E-state index is -1.26. The molecule has 5 heterocycles. The number of hydrogen-bond acceptors (Lipinski definition) is 6. The van der Waals surface area contributed by atoms with Crippen molar-refractivity contribution in [3.8, 4) is 0 Å². The second-order valence-corrected chi connectivity index (χ2v) is 15.1. The zero-order valence-corrected chi connectivity index (χ0v) is 32.2. The minimum Gasteiger partial charge on any atom is -0.478 e. The highest BCUT2D eigenvalue weighted by Gasteiger charge is 2.38. The zero-order valence-electron chi connectivity index (χ0n) is 32.2. The lowest BCUT2D eigenvalue weighted by molar-refractivity contribution is -0.134. The fraction of sp³-hybridized carbons (Fsp3) is 0.283. The fourth-order valence-electron chi connectivity index (χ4n) is 9.11. The van der Waals surface area contributed by atoms with Crippen molar-refractivity contribution in [1.82, 2.24) is 28.4 Å². The summed E-state index contributed by atoms with van der Waals surface area (Å²) in [6.45, 7) is 4.78. The molecule has 11 heteroatoms. The van der Waals surface area contributed by atoms with Crippen molar-refractivity contribution in [2.45, 2.75) is 57.5 Å². The van der Waals surface area contributed by atoms with Gasteiger partial charge in [-0.2, -0.15) is 0 Å². The lowest BCUT2D eigenvalue weighted by Gasteiger charge is -2.42. The molecule has 0 amide bonds. The number of carboxylic acids is 2. The second-order valence-electron chi connectivity index (χ2n) is 15.1. The zero-order chi connectivity index (χ0) is 39.6. The first-order chi connectivity index (χ1) is 27.7. The van der Waals surface area contributed by atoms with Crippen LogP contribution in [0.2, 0.25) is 0 Å². The predicted octanol–water partition coefficient (Wildman–Crippen LogP) is 6.81. The number of hydrogen-bond donors (Lipinski definition) is 2. The van der Waals surface area contributed by atoms with Crippen LogP contribution in [0.3, 0.4) is 0 Å². The molecule has 11 nitrogen and oxygen atoms in total. The number of likely N-dealkylation sites (tertiary alicyclic amines) is 1. The molecule has 0 radical (unpaired) electrons. The summed E-state index contributed by atoms with van der Waals surface area (Å²) >= 11 is 0. The maximum absolute atomic E-state index is 14.1. The van der Waals surface area contributed by atoms with Crippen molar-refractivity contribution in [1.29, 1.82) is 0 Å². The Labute approximate surface area is 330 Å². The molecule has 57 heavy (non-hydrogen) atoms. The third kappa shape index (κ3) is 7.50. The van der Waals surface area contributed by atoms with Gasteiger partial charge in [0.1, 0.15) is 5.82 Å². The molecule has 290 valence electrons. The molecular formula is C46H46N6O5. The number of rotatable bonds is 8. The van der Waals surface area contributed by atoms with Crippen molar-refractivity contribution in [3.05, 3.63) is 159 Å². The summed E-state index contributed by atoms with van der Waals surface area (Å²) in [6, 6.07) is 37.1. The highest BCUT2D eigenvalue weighted by molar-refractivity contribution is 5.89. The smallest absolute Gasteiger partial charge is 0.328 e. The summed E-state index contributed by atoms with van der Waals surface area (Å²) in [5.41, 5.74) is 10.2. The molecule has 1 saturated heterocycles. The standard InChI is InChI=1S/C42H42N6O.C4H4O4/c1-28-33(41(49)48-38-19-11-10-18-37(38)45(2)42(48)43-28)22-24-46-23-20-31(27-32(46)26-29-12-4-3-5-13-29)39-34-15-7-6-14-30(34)21-25-47-36-17-9-8-16-35(36)44-40(39)47;5-3(6)1-2-4(7)8/h3-19,31-32,39H,20-27H2,1-2H3;1-2H,(H,5,6)(H,7,8). The number of aryl methyl sites for hydroxylation is 4. The number of benzene rings is 4. The lowest BCUT2D eigenvalue weighted by atomic mass is 9.75. The average molecular weight is 763 g/mol. The molecular weight excluding hydrogens is 717 g/mol. The van der Waals surface area contributed by atoms with Crippen molar-refractivity contribution in [3.63, 3.8) is 0 Å². The normalized spacial score (nSPS) is 18.2. The number of aliphatic carboxylic acids is 2. The maximum atomic E-state index is 14.1. The van der Waals surface area contributed by atoms with Gasteiger partial charge in [-0.15, -0.1) is 0 Å². The van der Waals surface area contributed by atoms with Crippen LogP contribution in [0, 0.1) is 12.8 Å². The van der Waals surface area contributed by atoms with Crippen molar-refractivity contribution in [2.24, 2.45) is 13.0 Å². The van der Waals surface area contributed by atoms with Crippen molar-refractivity contribution in [2.75, 3.05) is 13.1 Å². The number of piperidine rings is 1. The van der Waals surface area contributed by atoms with Crippen molar-refractivity contribution >= 4 is 39.8 Å². The average Bonchev–Trinajstić information content (AvgIpc) is 3.66. The Kier molecular flexibility index (Phi) is 10.6. The molecule has 1 fully saturated rings. The Hall–Kier alpha value is -6.33. The van der Waals surface area contributed by atoms with E-state index in [0.29, 0.717) is 36.3 Å². The monoisotopic (exact) mass is 762 g/mol. The Balaban J connectivity index is 0.000000517. The summed E-state index contributed by atoms with van der Waals surface area (Å²) in [5, 5.41) is 15.6. The third-order valence-corrected chi connectivity index (χ3v) is 11.8. The first-order valence-electron chi connectivity index (χ1n) is 19.6. The van der Waals surface area contributed by atoms with E-state index in [4.69, 9.17) is 20.2 Å². The number of carboxylic acid groups (broad SMARTS) is 2. The molecule has 2 aliphatic rings. The SMILES string of the molecule is Cc1nc2n(C)c3ccccc3n2c(=O)c1CCN1CCC(C2c3ccccc3CCn3c2nc2ccccc23)CC1Cc1ccccc1.O=C(O)C=CC(=O)O. The van der Waals surface area contributed by atoms with Crippen LogP contribution in [0.4, 0.5) is 0 Å². The van der Waals surface area contributed by atoms with Crippen LogP contribution in [0.1, 0.15) is 52.5 Å². The van der Waals surface area contributed by atoms with E-state index in [1.807, 2.05) is 36.7 Å². The Morgan fingerprint density at radius 3 is 2.23 bits per heavy atom. The maximum Gasteiger partial charge on any atom is 0.328 e. The van der Waals surface area contributed by atoms with E-state index in [1.54, 1.807) is 4.40 Å². The van der Waals surface area contributed by atoms with Crippen molar-refractivity contribution < 1.29 is 19.8 Å². The number of aromatic nitrogens is 5. The van der Waals surface area contributed by atoms with E-state index in [2.05, 4.69) is 94.4 Å². The Bertz CT molecular complexity index is 2680. The molecule has 2 aliphatic heterocycles. The van der Waals surface area contributed by atoms with Gasteiger partial charge >= 0.3 is 11.9 Å². The van der Waals surface area contributed by atoms with E-state index in [9.17, 15) is 14.4 Å². The lowest BCUT2D eigenvalue weighted by Crippen LogP contribution is -2.46. The Morgan fingerprint density at radius 1 is 0.807 bits per heavy atom. The van der Waals surface area contributed by atoms with Crippen LogP contribution < -0.4 is 5.56 Å². The van der Waals surface area contributed by atoms with E-state index < -0.39 is 11.9 Å². The molecule has 3 aromatic heterocycles. The molecule has 7 aromatic rings. The van der Waals surface area contributed by atoms with Crippen LogP contribution in [-0.2, 0) is 42.4 Å². The molecule has 0 bridgehead atoms. The number of carbonyl (C=O) groups is 2. The van der Waals surface area contributed by atoms with Crippen LogP contribution in [0.15, 0.2) is 120 Å². The van der Waals surface area contributed by atoms with Gasteiger partial charge < -0.3 is 19.3 Å². The first-order valence-corrected chi connectivity index (χ1v) is 19.6. The number of para-hydroxylation sites is 4. The largest absolute Gasteiger partial charge is 0.478 e. The molecule has 2 N–H and O–H groups in total. The van der Waals surface area contributed by atoms with E-state index in [-0.39, 0.29) is 11.5 Å². The van der Waals surface area contributed by atoms with Gasteiger partial charge in [0.2, 0.25) is 5.78 Å². The molecule has 4 aromatic carbocycles. The summed E-state index contributed by atoms with van der Waals surface area (Å²) in [4.78, 5) is 46.2. The van der Waals surface area contributed by atoms with Gasteiger partial charge in [-0.3, -0.25) is 9.69 Å². The molecule has 3 atom stereocenters. The topological polar surface area (TPSA) is 135 Å². The molecule has 0 aliphatic carbocycles. The minimum absolute atomic E-state index is 0.0581. The van der Waals surface area contributed by atoms with Crippen LogP contribution in [0.25, 0.3) is 27.8 Å². The quantitative estimate of drug-likeness (QED) is 0.161. The number of fused-ring (bicyclic) bond motifs is 7. The summed E-state index contributed by atoms with van der Waals surface area (Å²) in [6.07, 6.45) is 5.98. The second kappa shape index (κ2) is 16.0. The highest BCUT2D eigenvalue weighted by atomic mass is 16.4. The van der Waals surface area contributed by atoms with Crippen LogP contribution in [-0.4, -0.2) is 69.7 Å².